The van der Waals surface area contributed by atoms with Crippen LogP contribution in [0.1, 0.15) is 67.7 Å². The molecule has 1 aliphatic heterocycles. The van der Waals surface area contributed by atoms with Crippen molar-refractivity contribution < 1.29 is 5.11 Å². The third-order valence-corrected chi connectivity index (χ3v) is 7.19. The van der Waals surface area contributed by atoms with Gasteiger partial charge >= 0.3 is 0 Å². The van der Waals surface area contributed by atoms with Gasteiger partial charge in [-0.3, -0.25) is 0 Å². The van der Waals surface area contributed by atoms with E-state index in [1.54, 1.807) is 6.20 Å². The zero-order valence-corrected chi connectivity index (χ0v) is 18.9. The molecule has 5 heteroatoms. The summed E-state index contributed by atoms with van der Waals surface area (Å²) in [5, 5.41) is 21.0. The molecule has 3 aromatic rings. The highest BCUT2D eigenvalue weighted by molar-refractivity contribution is 5.43. The van der Waals surface area contributed by atoms with Gasteiger partial charge in [-0.25, -0.2) is 0 Å². The molecule has 1 aliphatic carbocycles. The number of nitrogens with zero attached hydrogens (tertiary/aromatic N) is 4. The van der Waals surface area contributed by atoms with Crippen molar-refractivity contribution in [3.8, 4) is 5.82 Å². The van der Waals surface area contributed by atoms with Gasteiger partial charge in [-0.2, -0.15) is 5.10 Å². The summed E-state index contributed by atoms with van der Waals surface area (Å²) in [5.41, 5.74) is 2.89. The summed E-state index contributed by atoms with van der Waals surface area (Å²) in [5.74, 6) is 1.90. The molecule has 3 heterocycles. The summed E-state index contributed by atoms with van der Waals surface area (Å²) < 4.78 is 2.03. The Morgan fingerprint density at radius 1 is 1.10 bits per heavy atom. The highest BCUT2D eigenvalue weighted by atomic mass is 16.3. The van der Waals surface area contributed by atoms with Gasteiger partial charge in [-0.05, 0) is 60.5 Å². The van der Waals surface area contributed by atoms with Gasteiger partial charge in [0.2, 0.25) is 0 Å². The second-order valence-electron chi connectivity index (χ2n) is 10.1. The van der Waals surface area contributed by atoms with Gasteiger partial charge in [0, 0.05) is 36.5 Å². The molecule has 1 saturated heterocycles. The molecule has 5 rings (SSSR count). The number of aromatic nitrogens is 3. The van der Waals surface area contributed by atoms with Gasteiger partial charge in [0.1, 0.15) is 5.60 Å². The van der Waals surface area contributed by atoms with E-state index < -0.39 is 5.60 Å². The first kappa shape index (κ1) is 20.4. The van der Waals surface area contributed by atoms with Crippen LogP contribution in [0.3, 0.4) is 0 Å². The predicted octanol–water partition coefficient (Wildman–Crippen LogP) is 4.46. The molecule has 0 spiro atoms. The quantitative estimate of drug-likeness (QED) is 0.645. The molecular formula is C26H32N4O. The number of aliphatic hydroxyl groups is 1. The van der Waals surface area contributed by atoms with E-state index in [2.05, 4.69) is 85.6 Å². The Hall–Kier alpha value is -2.50. The van der Waals surface area contributed by atoms with Gasteiger partial charge in [0.25, 0.3) is 0 Å². The summed E-state index contributed by atoms with van der Waals surface area (Å²) in [7, 11) is 2.10. The van der Waals surface area contributed by atoms with E-state index in [9.17, 15) is 5.11 Å². The van der Waals surface area contributed by atoms with Crippen molar-refractivity contribution >= 4 is 0 Å². The minimum Gasteiger partial charge on any atom is -0.380 e. The van der Waals surface area contributed by atoms with Crippen molar-refractivity contribution in [2.45, 2.75) is 51.0 Å². The van der Waals surface area contributed by atoms with Gasteiger partial charge < -0.3 is 14.6 Å². The van der Waals surface area contributed by atoms with E-state index in [1.807, 2.05) is 10.6 Å². The molecule has 2 aliphatic rings. The molecule has 5 nitrogen and oxygen atoms in total. The lowest BCUT2D eigenvalue weighted by molar-refractivity contribution is -0.127. The SMILES string of the molecule is CC(C)c1ccc([C@](O)(c2cnnc(-n3ccc(C4CC4)c3)c2)C2(C)CN(C)C2)cc1. The van der Waals surface area contributed by atoms with Crippen molar-refractivity contribution in [2.24, 2.45) is 5.41 Å². The third kappa shape index (κ3) is 3.40. The highest BCUT2D eigenvalue weighted by Crippen LogP contribution is 2.50. The van der Waals surface area contributed by atoms with Crippen molar-refractivity contribution in [2.75, 3.05) is 20.1 Å². The maximum absolute atomic E-state index is 12.4. The molecule has 1 N–H and O–H groups in total. The van der Waals surface area contributed by atoms with Crippen molar-refractivity contribution in [3.63, 3.8) is 0 Å². The number of benzene rings is 1. The summed E-state index contributed by atoms with van der Waals surface area (Å²) in [6.07, 6.45) is 8.48. The lowest BCUT2D eigenvalue weighted by Crippen LogP contribution is -2.63. The fourth-order valence-corrected chi connectivity index (χ4v) is 5.24. The first-order chi connectivity index (χ1) is 14.8. The molecule has 0 unspecified atom stereocenters. The highest BCUT2D eigenvalue weighted by Gasteiger charge is 2.55. The van der Waals surface area contributed by atoms with E-state index in [1.165, 1.54) is 24.0 Å². The monoisotopic (exact) mass is 416 g/mol. The number of rotatable bonds is 6. The van der Waals surface area contributed by atoms with Crippen LogP contribution in [0.25, 0.3) is 5.82 Å². The molecule has 162 valence electrons. The molecule has 2 aromatic heterocycles. The van der Waals surface area contributed by atoms with Crippen LogP contribution in [0.15, 0.2) is 55.0 Å². The van der Waals surface area contributed by atoms with Crippen molar-refractivity contribution in [1.82, 2.24) is 19.7 Å². The largest absolute Gasteiger partial charge is 0.380 e. The fourth-order valence-electron chi connectivity index (χ4n) is 5.24. The maximum Gasteiger partial charge on any atom is 0.159 e. The van der Waals surface area contributed by atoms with E-state index in [-0.39, 0.29) is 5.41 Å². The number of likely N-dealkylation sites (tertiary alicyclic amines) is 1. The normalized spacial score (nSPS) is 20.5. The molecule has 1 saturated carbocycles. The van der Waals surface area contributed by atoms with Gasteiger partial charge in [-0.15, -0.1) is 5.10 Å². The Balaban J connectivity index is 1.58. The molecule has 31 heavy (non-hydrogen) atoms. The lowest BCUT2D eigenvalue weighted by Gasteiger charge is -2.55. The van der Waals surface area contributed by atoms with Gasteiger partial charge in [0.05, 0.1) is 6.20 Å². The first-order valence-electron chi connectivity index (χ1n) is 11.3. The molecule has 0 bridgehead atoms. The van der Waals surface area contributed by atoms with Crippen LogP contribution in [0.5, 0.6) is 0 Å². The second-order valence-corrected chi connectivity index (χ2v) is 10.1. The van der Waals surface area contributed by atoms with Crippen LogP contribution >= 0.6 is 0 Å². The summed E-state index contributed by atoms with van der Waals surface area (Å²) in [6, 6.07) is 12.6. The van der Waals surface area contributed by atoms with Crippen LogP contribution in [0, 0.1) is 5.41 Å². The second kappa shape index (κ2) is 7.28. The number of hydrogen-bond acceptors (Lipinski definition) is 4. The van der Waals surface area contributed by atoms with Crippen LogP contribution < -0.4 is 0 Å². The van der Waals surface area contributed by atoms with E-state index in [0.717, 1.165) is 30.0 Å². The maximum atomic E-state index is 12.4. The van der Waals surface area contributed by atoms with Gasteiger partial charge in [-0.1, -0.05) is 45.0 Å². The summed E-state index contributed by atoms with van der Waals surface area (Å²) in [6.45, 7) is 8.19. The smallest absolute Gasteiger partial charge is 0.159 e. The topological polar surface area (TPSA) is 54.2 Å². The molecular weight excluding hydrogens is 384 g/mol. The molecule has 2 fully saturated rings. The minimum absolute atomic E-state index is 0.308. The minimum atomic E-state index is -1.15. The standard InChI is InChI=1S/C26H32N4O/c1-18(2)19-7-9-22(10-8-19)26(31,25(3)16-29(4)17-25)23-13-24(28-27-14-23)30-12-11-21(15-30)20-5-6-20/h7-15,18,20,31H,5-6,16-17H2,1-4H3/t26-/m0/s1. The number of hydrogen-bond donors (Lipinski definition) is 1. The Labute approximate surface area is 184 Å². The molecule has 1 aromatic carbocycles. The molecule has 0 amide bonds. The van der Waals surface area contributed by atoms with Crippen LogP contribution in [0.2, 0.25) is 0 Å². The zero-order valence-electron chi connectivity index (χ0n) is 18.9. The van der Waals surface area contributed by atoms with Crippen molar-refractivity contribution in [1.29, 1.82) is 0 Å². The lowest BCUT2D eigenvalue weighted by atomic mass is 9.62. The molecule has 1 atom stereocenters. The Morgan fingerprint density at radius 3 is 2.42 bits per heavy atom. The summed E-state index contributed by atoms with van der Waals surface area (Å²) in [4.78, 5) is 2.25. The van der Waals surface area contributed by atoms with E-state index in [0.29, 0.717) is 11.8 Å². The average molecular weight is 417 g/mol. The van der Waals surface area contributed by atoms with E-state index in [4.69, 9.17) is 0 Å². The Kier molecular flexibility index (Phi) is 4.79. The Morgan fingerprint density at radius 2 is 1.81 bits per heavy atom. The van der Waals surface area contributed by atoms with Gasteiger partial charge in [0.15, 0.2) is 5.82 Å². The van der Waals surface area contributed by atoms with Crippen molar-refractivity contribution in [3.05, 3.63) is 77.2 Å². The molecule has 0 radical (unpaired) electrons. The van der Waals surface area contributed by atoms with E-state index >= 15 is 0 Å². The Bertz CT molecular complexity index is 1080. The predicted molar refractivity (Wildman–Crippen MR) is 122 cm³/mol. The first-order valence-corrected chi connectivity index (χ1v) is 11.3. The summed E-state index contributed by atoms with van der Waals surface area (Å²) >= 11 is 0. The zero-order chi connectivity index (χ0) is 21.8. The fraction of sp³-hybridized carbons (Fsp3) is 0.462. The van der Waals surface area contributed by atoms with Crippen LogP contribution in [0.4, 0.5) is 0 Å². The van der Waals surface area contributed by atoms with Crippen LogP contribution in [-0.4, -0.2) is 44.9 Å². The third-order valence-electron chi connectivity index (χ3n) is 7.19. The van der Waals surface area contributed by atoms with Crippen LogP contribution in [-0.2, 0) is 5.60 Å². The average Bonchev–Trinajstić information content (AvgIpc) is 3.48.